The SMILES string of the molecule is O=C(O)C[C@H](NC(=O)c1sc2ccccc2c1Cl)c1cccc([N+](=O)[O-])c1. The Morgan fingerprint density at radius 3 is 2.63 bits per heavy atom. The summed E-state index contributed by atoms with van der Waals surface area (Å²) >= 11 is 7.49. The lowest BCUT2D eigenvalue weighted by molar-refractivity contribution is -0.384. The van der Waals surface area contributed by atoms with Crippen LogP contribution in [0, 0.1) is 10.1 Å². The molecule has 0 saturated heterocycles. The van der Waals surface area contributed by atoms with Gasteiger partial charge in [0, 0.05) is 22.2 Å². The van der Waals surface area contributed by atoms with E-state index in [1.165, 1.54) is 35.6 Å². The molecule has 138 valence electrons. The zero-order chi connectivity index (χ0) is 19.6. The van der Waals surface area contributed by atoms with Crippen LogP contribution in [0.2, 0.25) is 5.02 Å². The van der Waals surface area contributed by atoms with E-state index in [1.807, 2.05) is 12.1 Å². The van der Waals surface area contributed by atoms with Crippen molar-refractivity contribution < 1.29 is 19.6 Å². The third kappa shape index (κ3) is 4.07. The minimum absolute atomic E-state index is 0.183. The summed E-state index contributed by atoms with van der Waals surface area (Å²) in [5.74, 6) is -1.67. The van der Waals surface area contributed by atoms with E-state index in [1.54, 1.807) is 12.1 Å². The number of nitrogens with one attached hydrogen (secondary N) is 1. The largest absolute Gasteiger partial charge is 0.481 e. The third-order valence-electron chi connectivity index (χ3n) is 3.91. The highest BCUT2D eigenvalue weighted by Crippen LogP contribution is 2.35. The molecule has 0 fully saturated rings. The molecule has 1 aromatic heterocycles. The number of rotatable bonds is 6. The second kappa shape index (κ2) is 7.73. The number of nitro benzene ring substituents is 1. The summed E-state index contributed by atoms with van der Waals surface area (Å²) in [6, 6.07) is 11.8. The van der Waals surface area contributed by atoms with Gasteiger partial charge in [-0.25, -0.2) is 0 Å². The lowest BCUT2D eigenvalue weighted by Crippen LogP contribution is -2.29. The lowest BCUT2D eigenvalue weighted by Gasteiger charge is -2.17. The van der Waals surface area contributed by atoms with Gasteiger partial charge in [0.25, 0.3) is 11.6 Å². The molecule has 0 spiro atoms. The van der Waals surface area contributed by atoms with E-state index < -0.39 is 29.3 Å². The van der Waals surface area contributed by atoms with E-state index in [9.17, 15) is 19.7 Å². The number of carbonyl (C=O) groups excluding carboxylic acids is 1. The van der Waals surface area contributed by atoms with Gasteiger partial charge in [0.15, 0.2) is 0 Å². The summed E-state index contributed by atoms with van der Waals surface area (Å²) in [5.41, 5.74) is 0.147. The molecule has 0 radical (unpaired) electrons. The maximum atomic E-state index is 12.7. The first-order valence-corrected chi connectivity index (χ1v) is 9.00. The molecule has 0 aliphatic carbocycles. The van der Waals surface area contributed by atoms with Crippen LogP contribution in [0.25, 0.3) is 10.1 Å². The highest BCUT2D eigenvalue weighted by atomic mass is 35.5. The maximum Gasteiger partial charge on any atom is 0.305 e. The van der Waals surface area contributed by atoms with Crippen LogP contribution >= 0.6 is 22.9 Å². The van der Waals surface area contributed by atoms with Crippen LogP contribution in [0.15, 0.2) is 48.5 Å². The Bertz CT molecular complexity index is 1050. The van der Waals surface area contributed by atoms with E-state index in [0.29, 0.717) is 10.6 Å². The lowest BCUT2D eigenvalue weighted by atomic mass is 10.0. The number of hydrogen-bond donors (Lipinski definition) is 2. The number of carboxylic acid groups (broad SMARTS) is 1. The van der Waals surface area contributed by atoms with Gasteiger partial charge in [0.1, 0.15) is 4.88 Å². The molecule has 0 unspecified atom stereocenters. The molecule has 27 heavy (non-hydrogen) atoms. The van der Waals surface area contributed by atoms with E-state index >= 15 is 0 Å². The number of benzene rings is 2. The number of carbonyl (C=O) groups is 2. The number of carboxylic acids is 1. The molecular weight excluding hydrogens is 392 g/mol. The van der Waals surface area contributed by atoms with Crippen LogP contribution in [-0.4, -0.2) is 21.9 Å². The van der Waals surface area contributed by atoms with Gasteiger partial charge in [0.2, 0.25) is 0 Å². The van der Waals surface area contributed by atoms with Crippen LogP contribution in [0.3, 0.4) is 0 Å². The first-order chi connectivity index (χ1) is 12.9. The van der Waals surface area contributed by atoms with E-state index in [4.69, 9.17) is 16.7 Å². The Hall–Kier alpha value is -2.97. The smallest absolute Gasteiger partial charge is 0.305 e. The normalized spacial score (nSPS) is 11.9. The van der Waals surface area contributed by atoms with Gasteiger partial charge >= 0.3 is 5.97 Å². The summed E-state index contributed by atoms with van der Waals surface area (Å²) in [7, 11) is 0. The second-order valence-electron chi connectivity index (χ2n) is 5.72. The first-order valence-electron chi connectivity index (χ1n) is 7.81. The standard InChI is InChI=1S/C18H13ClN2O5S/c19-16-12-6-1-2-7-14(12)27-17(16)18(24)20-13(9-15(22)23)10-4-3-5-11(8-10)21(25)26/h1-8,13H,9H2,(H,20,24)(H,22,23)/t13-/m0/s1. The molecule has 1 amide bonds. The predicted octanol–water partition coefficient (Wildman–Crippen LogP) is 4.41. The Morgan fingerprint density at radius 2 is 1.96 bits per heavy atom. The quantitative estimate of drug-likeness (QED) is 0.467. The third-order valence-corrected chi connectivity index (χ3v) is 5.58. The number of halogens is 1. The van der Waals surface area contributed by atoms with Crippen molar-refractivity contribution in [1.82, 2.24) is 5.32 Å². The van der Waals surface area contributed by atoms with Crippen molar-refractivity contribution >= 4 is 50.6 Å². The highest BCUT2D eigenvalue weighted by Gasteiger charge is 2.24. The monoisotopic (exact) mass is 404 g/mol. The van der Waals surface area contributed by atoms with Crippen LogP contribution in [0.4, 0.5) is 5.69 Å². The van der Waals surface area contributed by atoms with Gasteiger partial charge in [-0.2, -0.15) is 0 Å². The molecule has 0 aliphatic rings. The van der Waals surface area contributed by atoms with Gasteiger partial charge in [0.05, 0.1) is 22.4 Å². The number of nitrogens with zero attached hydrogens (tertiary/aromatic N) is 1. The summed E-state index contributed by atoms with van der Waals surface area (Å²) in [5, 5.41) is 23.8. The van der Waals surface area contributed by atoms with Crippen LogP contribution in [-0.2, 0) is 4.79 Å². The molecule has 3 rings (SSSR count). The summed E-state index contributed by atoms with van der Waals surface area (Å²) in [6.45, 7) is 0. The fourth-order valence-electron chi connectivity index (χ4n) is 2.67. The molecule has 0 saturated carbocycles. The molecule has 2 N–H and O–H groups in total. The zero-order valence-electron chi connectivity index (χ0n) is 13.7. The van der Waals surface area contributed by atoms with E-state index in [-0.39, 0.29) is 10.6 Å². The Labute approximate surface area is 162 Å². The van der Waals surface area contributed by atoms with E-state index in [0.717, 1.165) is 10.1 Å². The Kier molecular flexibility index (Phi) is 5.38. The van der Waals surface area contributed by atoms with Gasteiger partial charge in [-0.3, -0.25) is 19.7 Å². The number of amides is 1. The highest BCUT2D eigenvalue weighted by molar-refractivity contribution is 7.21. The molecule has 1 atom stereocenters. The van der Waals surface area contributed by atoms with Crippen LogP contribution in [0.1, 0.15) is 27.7 Å². The fraction of sp³-hybridized carbons (Fsp3) is 0.111. The number of aliphatic carboxylic acids is 1. The van der Waals surface area contributed by atoms with Crippen LogP contribution in [0.5, 0.6) is 0 Å². The van der Waals surface area contributed by atoms with Crippen molar-refractivity contribution in [3.8, 4) is 0 Å². The minimum atomic E-state index is -1.14. The van der Waals surface area contributed by atoms with Crippen molar-refractivity contribution in [2.24, 2.45) is 0 Å². The molecule has 1 heterocycles. The van der Waals surface area contributed by atoms with E-state index in [2.05, 4.69) is 5.32 Å². The van der Waals surface area contributed by atoms with Gasteiger partial charge in [-0.1, -0.05) is 41.9 Å². The molecule has 7 nitrogen and oxygen atoms in total. The molecule has 0 bridgehead atoms. The predicted molar refractivity (Wildman–Crippen MR) is 102 cm³/mol. The van der Waals surface area contributed by atoms with Crippen molar-refractivity contribution in [3.63, 3.8) is 0 Å². The summed E-state index contributed by atoms with van der Waals surface area (Å²) in [6.07, 6.45) is -0.421. The van der Waals surface area contributed by atoms with Crippen molar-refractivity contribution in [2.45, 2.75) is 12.5 Å². The average molecular weight is 405 g/mol. The number of nitro groups is 1. The topological polar surface area (TPSA) is 110 Å². The number of thiophene rings is 1. The van der Waals surface area contributed by atoms with Gasteiger partial charge < -0.3 is 10.4 Å². The van der Waals surface area contributed by atoms with Gasteiger partial charge in [-0.05, 0) is 11.6 Å². The zero-order valence-corrected chi connectivity index (χ0v) is 15.3. The Balaban J connectivity index is 1.93. The number of non-ortho nitro benzene ring substituents is 1. The number of fused-ring (bicyclic) bond motifs is 1. The van der Waals surface area contributed by atoms with Crippen LogP contribution < -0.4 is 5.32 Å². The molecule has 2 aromatic carbocycles. The van der Waals surface area contributed by atoms with Crippen molar-refractivity contribution in [2.75, 3.05) is 0 Å². The van der Waals surface area contributed by atoms with Crippen molar-refractivity contribution in [1.29, 1.82) is 0 Å². The van der Waals surface area contributed by atoms with Gasteiger partial charge in [-0.15, -0.1) is 11.3 Å². The average Bonchev–Trinajstić information content (AvgIpc) is 2.98. The summed E-state index contributed by atoms with van der Waals surface area (Å²) in [4.78, 5) is 34.6. The molecule has 9 heteroatoms. The first kappa shape index (κ1) is 18.8. The molecule has 0 aliphatic heterocycles. The maximum absolute atomic E-state index is 12.7. The fourth-order valence-corrected chi connectivity index (χ4v) is 4.09. The Morgan fingerprint density at radius 1 is 1.22 bits per heavy atom. The second-order valence-corrected chi connectivity index (χ2v) is 7.15. The number of hydrogen-bond acceptors (Lipinski definition) is 5. The van der Waals surface area contributed by atoms with Crippen molar-refractivity contribution in [3.05, 3.63) is 74.1 Å². The summed E-state index contributed by atoms with van der Waals surface area (Å²) < 4.78 is 0.831. The molecule has 3 aromatic rings. The molecular formula is C18H13ClN2O5S. The minimum Gasteiger partial charge on any atom is -0.481 e.